The van der Waals surface area contributed by atoms with Crippen molar-refractivity contribution in [3.8, 4) is 11.5 Å². The molecule has 1 heterocycles. The number of fused-ring (bicyclic) bond motifs is 4. The lowest BCUT2D eigenvalue weighted by Crippen LogP contribution is -2.48. The lowest BCUT2D eigenvalue weighted by Gasteiger charge is -2.46. The van der Waals surface area contributed by atoms with Gasteiger partial charge in [-0.3, -0.25) is 0 Å². The number of hydrogen-bond acceptors (Lipinski definition) is 3. The molecule has 1 aliphatic carbocycles. The summed E-state index contributed by atoms with van der Waals surface area (Å²) >= 11 is 0. The van der Waals surface area contributed by atoms with Crippen LogP contribution in [0.2, 0.25) is 0 Å². The van der Waals surface area contributed by atoms with E-state index < -0.39 is 0 Å². The summed E-state index contributed by atoms with van der Waals surface area (Å²) < 4.78 is 11.9. The van der Waals surface area contributed by atoms with Gasteiger partial charge in [0.25, 0.3) is 0 Å². The van der Waals surface area contributed by atoms with Gasteiger partial charge in [-0.1, -0.05) is 12.1 Å². The third-order valence-corrected chi connectivity index (χ3v) is 4.06. The molecule has 98 valence electrons. The second kappa shape index (κ2) is 4.16. The van der Waals surface area contributed by atoms with Crippen LogP contribution in [0.4, 0.5) is 0 Å². The largest absolute Gasteiger partial charge is 0.490 e. The van der Waals surface area contributed by atoms with Crippen LogP contribution in [0.3, 0.4) is 0 Å². The first kappa shape index (κ1) is 11.8. The lowest BCUT2D eigenvalue weighted by atomic mass is 9.71. The van der Waals surface area contributed by atoms with Gasteiger partial charge in [0.2, 0.25) is 0 Å². The molecule has 0 spiro atoms. The molecular formula is C15H21NO2. The highest BCUT2D eigenvalue weighted by Crippen LogP contribution is 2.51. The fourth-order valence-corrected chi connectivity index (χ4v) is 3.49. The van der Waals surface area contributed by atoms with Crippen molar-refractivity contribution in [2.45, 2.75) is 50.7 Å². The fraction of sp³-hybridized carbons (Fsp3) is 0.600. The SMILES string of the molecule is CCOc1cccc2c1OC1(C)CC2C[C@H](N)C1. The molecule has 0 saturated heterocycles. The molecule has 1 aromatic rings. The molecule has 18 heavy (non-hydrogen) atoms. The van der Waals surface area contributed by atoms with Crippen LogP contribution in [-0.4, -0.2) is 18.2 Å². The van der Waals surface area contributed by atoms with Gasteiger partial charge >= 0.3 is 0 Å². The monoisotopic (exact) mass is 247 g/mol. The Kier molecular flexibility index (Phi) is 2.74. The van der Waals surface area contributed by atoms with Gasteiger partial charge in [0, 0.05) is 18.0 Å². The van der Waals surface area contributed by atoms with Gasteiger partial charge in [0.05, 0.1) is 6.61 Å². The quantitative estimate of drug-likeness (QED) is 0.874. The molecule has 3 rings (SSSR count). The van der Waals surface area contributed by atoms with E-state index in [-0.39, 0.29) is 11.6 Å². The van der Waals surface area contributed by atoms with E-state index in [0.29, 0.717) is 12.5 Å². The van der Waals surface area contributed by atoms with E-state index in [1.165, 1.54) is 5.56 Å². The van der Waals surface area contributed by atoms with Gasteiger partial charge in [-0.15, -0.1) is 0 Å². The first-order valence-corrected chi connectivity index (χ1v) is 6.81. The molecule has 0 radical (unpaired) electrons. The van der Waals surface area contributed by atoms with Crippen molar-refractivity contribution < 1.29 is 9.47 Å². The predicted molar refractivity (Wildman–Crippen MR) is 71.2 cm³/mol. The minimum Gasteiger partial charge on any atom is -0.490 e. The van der Waals surface area contributed by atoms with Gasteiger partial charge in [0.1, 0.15) is 5.60 Å². The van der Waals surface area contributed by atoms with Crippen molar-refractivity contribution in [2.75, 3.05) is 6.61 Å². The van der Waals surface area contributed by atoms with E-state index in [4.69, 9.17) is 15.2 Å². The number of para-hydroxylation sites is 1. The highest BCUT2D eigenvalue weighted by Gasteiger charge is 2.44. The van der Waals surface area contributed by atoms with Crippen LogP contribution in [0.5, 0.6) is 11.5 Å². The van der Waals surface area contributed by atoms with E-state index in [0.717, 1.165) is 30.8 Å². The Morgan fingerprint density at radius 1 is 1.44 bits per heavy atom. The van der Waals surface area contributed by atoms with E-state index in [9.17, 15) is 0 Å². The molecule has 0 aromatic heterocycles. The Morgan fingerprint density at radius 3 is 3.06 bits per heavy atom. The summed E-state index contributed by atoms with van der Waals surface area (Å²) in [6, 6.07) is 6.45. The van der Waals surface area contributed by atoms with Crippen molar-refractivity contribution >= 4 is 0 Å². The van der Waals surface area contributed by atoms with Gasteiger partial charge in [-0.25, -0.2) is 0 Å². The predicted octanol–water partition coefficient (Wildman–Crippen LogP) is 2.83. The van der Waals surface area contributed by atoms with Gasteiger partial charge in [-0.05, 0) is 38.7 Å². The highest BCUT2D eigenvalue weighted by atomic mass is 16.5. The molecule has 1 saturated carbocycles. The van der Waals surface area contributed by atoms with Crippen LogP contribution in [0.25, 0.3) is 0 Å². The Labute approximate surface area is 108 Å². The van der Waals surface area contributed by atoms with Crippen LogP contribution < -0.4 is 15.2 Å². The van der Waals surface area contributed by atoms with Crippen molar-refractivity contribution in [3.05, 3.63) is 23.8 Å². The van der Waals surface area contributed by atoms with Crippen LogP contribution >= 0.6 is 0 Å². The van der Waals surface area contributed by atoms with Crippen molar-refractivity contribution in [3.63, 3.8) is 0 Å². The van der Waals surface area contributed by atoms with Gasteiger partial charge in [-0.2, -0.15) is 0 Å². The summed E-state index contributed by atoms with van der Waals surface area (Å²) in [6.07, 6.45) is 3.06. The molecule has 2 bridgehead atoms. The van der Waals surface area contributed by atoms with E-state index in [1.807, 2.05) is 13.0 Å². The van der Waals surface area contributed by atoms with E-state index in [1.54, 1.807) is 0 Å². The van der Waals surface area contributed by atoms with E-state index in [2.05, 4.69) is 19.1 Å². The molecule has 2 N–H and O–H groups in total. The normalized spacial score (nSPS) is 33.5. The second-order valence-electron chi connectivity index (χ2n) is 5.76. The molecule has 1 aliphatic heterocycles. The maximum Gasteiger partial charge on any atom is 0.165 e. The minimum absolute atomic E-state index is 0.122. The van der Waals surface area contributed by atoms with Crippen LogP contribution in [0.15, 0.2) is 18.2 Å². The van der Waals surface area contributed by atoms with Crippen LogP contribution in [0, 0.1) is 0 Å². The maximum atomic E-state index is 6.24. The maximum absolute atomic E-state index is 6.24. The third-order valence-electron chi connectivity index (χ3n) is 4.06. The molecule has 2 unspecified atom stereocenters. The van der Waals surface area contributed by atoms with Crippen molar-refractivity contribution in [1.82, 2.24) is 0 Å². The summed E-state index contributed by atoms with van der Waals surface area (Å²) in [7, 11) is 0. The van der Waals surface area contributed by atoms with Gasteiger partial charge in [0.15, 0.2) is 11.5 Å². The molecule has 1 aromatic carbocycles. The Bertz CT molecular complexity index is 460. The minimum atomic E-state index is -0.122. The summed E-state index contributed by atoms with van der Waals surface area (Å²) in [5.41, 5.74) is 7.30. The third kappa shape index (κ3) is 1.87. The zero-order chi connectivity index (χ0) is 12.8. The first-order chi connectivity index (χ1) is 8.61. The highest BCUT2D eigenvalue weighted by molar-refractivity contribution is 5.50. The molecule has 1 fully saturated rings. The Hall–Kier alpha value is -1.22. The summed E-state index contributed by atoms with van der Waals surface area (Å²) in [6.45, 7) is 4.84. The Balaban J connectivity index is 2.04. The molecule has 2 aliphatic rings. The number of rotatable bonds is 2. The standard InChI is InChI=1S/C15H21NO2/c1-3-17-13-6-4-5-12-10-7-11(16)9-15(2,8-10)18-14(12)13/h4-6,10-11H,3,7-9,16H2,1-2H3/t10?,11-,15?/m0/s1. The molecule has 3 nitrogen and oxygen atoms in total. The molecule has 3 heteroatoms. The summed E-state index contributed by atoms with van der Waals surface area (Å²) in [5, 5.41) is 0. The number of benzene rings is 1. The summed E-state index contributed by atoms with van der Waals surface area (Å²) in [4.78, 5) is 0. The molecule has 0 amide bonds. The second-order valence-corrected chi connectivity index (χ2v) is 5.76. The van der Waals surface area contributed by atoms with Crippen LogP contribution in [-0.2, 0) is 0 Å². The number of nitrogens with two attached hydrogens (primary N) is 1. The lowest BCUT2D eigenvalue weighted by molar-refractivity contribution is 0.0107. The first-order valence-electron chi connectivity index (χ1n) is 6.81. The zero-order valence-corrected chi connectivity index (χ0v) is 11.1. The average Bonchev–Trinajstić information content (AvgIpc) is 2.29. The topological polar surface area (TPSA) is 44.5 Å². The number of hydrogen-bond donors (Lipinski definition) is 1. The van der Waals surface area contributed by atoms with Crippen molar-refractivity contribution in [1.29, 1.82) is 0 Å². The zero-order valence-electron chi connectivity index (χ0n) is 11.1. The van der Waals surface area contributed by atoms with Gasteiger partial charge < -0.3 is 15.2 Å². The average molecular weight is 247 g/mol. The number of ether oxygens (including phenoxy) is 2. The fourth-order valence-electron chi connectivity index (χ4n) is 3.49. The molecular weight excluding hydrogens is 226 g/mol. The van der Waals surface area contributed by atoms with E-state index >= 15 is 0 Å². The van der Waals surface area contributed by atoms with Crippen molar-refractivity contribution in [2.24, 2.45) is 5.73 Å². The van der Waals surface area contributed by atoms with Crippen LogP contribution in [0.1, 0.15) is 44.6 Å². The Morgan fingerprint density at radius 2 is 2.28 bits per heavy atom. The summed E-state index contributed by atoms with van der Waals surface area (Å²) in [5.74, 6) is 2.34. The smallest absolute Gasteiger partial charge is 0.165 e. The molecule has 3 atom stereocenters.